The van der Waals surface area contributed by atoms with Gasteiger partial charge in [-0.2, -0.15) is 0 Å². The molecule has 3 aromatic carbocycles. The summed E-state index contributed by atoms with van der Waals surface area (Å²) in [5.74, 6) is -0.210. The number of hydrogen-bond donors (Lipinski definition) is 0. The lowest BCUT2D eigenvalue weighted by Gasteiger charge is -2.13. The topological polar surface area (TPSA) is 0 Å². The van der Waals surface area contributed by atoms with Crippen LogP contribution in [0.15, 0.2) is 61.2 Å². The number of halogens is 3. The van der Waals surface area contributed by atoms with E-state index >= 15 is 0 Å². The highest BCUT2D eigenvalue weighted by atomic mass is 127. The van der Waals surface area contributed by atoms with Gasteiger partial charge in [0.2, 0.25) is 0 Å². The van der Waals surface area contributed by atoms with Crippen LogP contribution in [0.2, 0.25) is 0 Å². The smallest absolute Gasteiger partial charge is 0.123 e. The van der Waals surface area contributed by atoms with Gasteiger partial charge in [0.25, 0.3) is 0 Å². The van der Waals surface area contributed by atoms with Crippen molar-refractivity contribution < 1.29 is 4.39 Å². The summed E-state index contributed by atoms with van der Waals surface area (Å²) in [7, 11) is 0. The van der Waals surface area contributed by atoms with Crippen LogP contribution in [-0.2, 0) is 0 Å². The van der Waals surface area contributed by atoms with Gasteiger partial charge in [-0.3, -0.25) is 0 Å². The van der Waals surface area contributed by atoms with Crippen LogP contribution >= 0.6 is 45.2 Å². The highest BCUT2D eigenvalue weighted by molar-refractivity contribution is 14.1. The average molecular weight is 540 g/mol. The molecule has 0 aromatic heterocycles. The molecule has 0 nitrogen and oxygen atoms in total. The Kier molecular flexibility index (Phi) is 5.39. The van der Waals surface area contributed by atoms with E-state index in [2.05, 4.69) is 89.0 Å². The third-order valence-corrected chi connectivity index (χ3v) is 5.76. The van der Waals surface area contributed by atoms with Crippen LogP contribution < -0.4 is 0 Å². The monoisotopic (exact) mass is 540 g/mol. The molecule has 3 rings (SSSR count). The summed E-state index contributed by atoms with van der Waals surface area (Å²) in [4.78, 5) is 0. The molecular weight excluding hydrogens is 525 g/mol. The molecule has 24 heavy (non-hydrogen) atoms. The van der Waals surface area contributed by atoms with Crippen molar-refractivity contribution in [3.63, 3.8) is 0 Å². The van der Waals surface area contributed by atoms with E-state index in [4.69, 9.17) is 0 Å². The van der Waals surface area contributed by atoms with Gasteiger partial charge in [0.05, 0.1) is 0 Å². The van der Waals surface area contributed by atoms with Crippen molar-refractivity contribution >= 4 is 51.3 Å². The van der Waals surface area contributed by atoms with Gasteiger partial charge < -0.3 is 0 Å². The van der Waals surface area contributed by atoms with Crippen LogP contribution in [0, 0.1) is 19.9 Å². The molecule has 0 aliphatic rings. The van der Waals surface area contributed by atoms with E-state index in [9.17, 15) is 4.39 Å². The van der Waals surface area contributed by atoms with E-state index in [1.54, 1.807) is 0 Å². The molecule has 0 N–H and O–H groups in total. The van der Waals surface area contributed by atoms with E-state index in [1.165, 1.54) is 36.0 Å². The van der Waals surface area contributed by atoms with Gasteiger partial charge >= 0.3 is 0 Å². The molecule has 0 spiro atoms. The molecule has 0 heterocycles. The summed E-state index contributed by atoms with van der Waals surface area (Å²) in [6.45, 7) is 5.97. The molecule has 0 radical (unpaired) electrons. The third-order valence-electron chi connectivity index (χ3n) is 3.97. The van der Waals surface area contributed by atoms with Crippen molar-refractivity contribution in [1.82, 2.24) is 0 Å². The Hall–Kier alpha value is -1.21. The maximum atomic E-state index is 13.1. The summed E-state index contributed by atoms with van der Waals surface area (Å²) in [5.41, 5.74) is 6.95. The Morgan fingerprint density at radius 2 is 1.46 bits per heavy atom. The molecule has 0 atom stereocenters. The molecule has 0 aliphatic carbocycles. The zero-order chi connectivity index (χ0) is 17.3. The lowest BCUT2D eigenvalue weighted by molar-refractivity contribution is 0.628. The summed E-state index contributed by atoms with van der Waals surface area (Å²) in [6, 6.07) is 17.4. The highest BCUT2D eigenvalue weighted by Gasteiger charge is 2.11. The average Bonchev–Trinajstić information content (AvgIpc) is 2.55. The van der Waals surface area contributed by atoms with E-state index in [0.29, 0.717) is 0 Å². The van der Waals surface area contributed by atoms with Gasteiger partial charge in [0.15, 0.2) is 0 Å². The maximum Gasteiger partial charge on any atom is 0.123 e. The first-order chi connectivity index (χ1) is 11.5. The Labute approximate surface area is 169 Å². The predicted molar refractivity (Wildman–Crippen MR) is 118 cm³/mol. The third kappa shape index (κ3) is 3.57. The van der Waals surface area contributed by atoms with Crippen LogP contribution in [0.3, 0.4) is 0 Å². The minimum absolute atomic E-state index is 0.210. The van der Waals surface area contributed by atoms with Crippen molar-refractivity contribution in [2.45, 2.75) is 6.92 Å². The number of rotatable bonds is 3. The first kappa shape index (κ1) is 17.6. The summed E-state index contributed by atoms with van der Waals surface area (Å²) >= 11 is 4.73. The van der Waals surface area contributed by atoms with E-state index in [-0.39, 0.29) is 5.82 Å². The Bertz CT molecular complexity index is 889. The lowest BCUT2D eigenvalue weighted by Crippen LogP contribution is -1.92. The summed E-state index contributed by atoms with van der Waals surface area (Å²) in [5, 5.41) is 0. The predicted octanol–water partition coefficient (Wildman–Crippen LogP) is 7.32. The Balaban J connectivity index is 2.09. The molecule has 0 fully saturated rings. The van der Waals surface area contributed by atoms with Crippen LogP contribution in [-0.4, -0.2) is 0 Å². The second-order valence-electron chi connectivity index (χ2n) is 5.60. The van der Waals surface area contributed by atoms with Gasteiger partial charge in [0.1, 0.15) is 5.82 Å². The van der Waals surface area contributed by atoms with Crippen molar-refractivity contribution in [2.75, 3.05) is 0 Å². The van der Waals surface area contributed by atoms with Crippen molar-refractivity contribution in [2.24, 2.45) is 0 Å². The van der Waals surface area contributed by atoms with Gasteiger partial charge in [-0.25, -0.2) is 4.39 Å². The van der Waals surface area contributed by atoms with Gasteiger partial charge in [-0.15, -0.1) is 0 Å². The molecule has 120 valence electrons. The molecule has 0 saturated heterocycles. The van der Waals surface area contributed by atoms with Crippen LogP contribution in [0.25, 0.3) is 28.3 Å². The first-order valence-corrected chi connectivity index (χ1v) is 9.64. The Morgan fingerprint density at radius 3 is 2.04 bits per heavy atom. The molecule has 3 heteroatoms. The summed E-state index contributed by atoms with van der Waals surface area (Å²) < 4.78 is 15.5. The van der Waals surface area contributed by atoms with E-state index < -0.39 is 0 Å². The molecule has 0 bridgehead atoms. The zero-order valence-electron chi connectivity index (χ0n) is 13.1. The second-order valence-corrected chi connectivity index (χ2v) is 7.92. The van der Waals surface area contributed by atoms with Gasteiger partial charge in [-0.05, 0) is 110 Å². The van der Waals surface area contributed by atoms with Gasteiger partial charge in [0, 0.05) is 7.14 Å². The molecule has 0 saturated carbocycles. The minimum atomic E-state index is -0.210. The number of aryl methyl sites for hydroxylation is 1. The first-order valence-electron chi connectivity index (χ1n) is 7.48. The molecule has 0 aliphatic heterocycles. The molecule has 0 amide bonds. The second kappa shape index (κ2) is 7.35. The van der Waals surface area contributed by atoms with Crippen molar-refractivity contribution in [1.29, 1.82) is 0 Å². The van der Waals surface area contributed by atoms with Gasteiger partial charge in [-0.1, -0.05) is 43.0 Å². The fourth-order valence-corrected chi connectivity index (χ4v) is 4.57. The highest BCUT2D eigenvalue weighted by Crippen LogP contribution is 2.34. The van der Waals surface area contributed by atoms with Crippen LogP contribution in [0.1, 0.15) is 11.1 Å². The lowest BCUT2D eigenvalue weighted by atomic mass is 9.95. The largest absolute Gasteiger partial charge is 0.207 e. The summed E-state index contributed by atoms with van der Waals surface area (Å²) in [6.07, 6.45) is 1.88. The number of benzene rings is 3. The van der Waals surface area contributed by atoms with Crippen molar-refractivity contribution in [3.05, 3.63) is 85.3 Å². The molecule has 0 unspecified atom stereocenters. The zero-order valence-corrected chi connectivity index (χ0v) is 17.4. The SMILES string of the molecule is C=Cc1ccc(-c2c(C)cc(-c3ccc(F)cc3)cc2I)cc1I. The number of hydrogen-bond acceptors (Lipinski definition) is 0. The fourth-order valence-electron chi connectivity index (χ4n) is 2.77. The molecular formula is C21H15FI2. The minimum Gasteiger partial charge on any atom is -0.207 e. The quantitative estimate of drug-likeness (QED) is 0.306. The maximum absolute atomic E-state index is 13.1. The van der Waals surface area contributed by atoms with E-state index in [0.717, 1.165) is 16.7 Å². The Morgan fingerprint density at radius 1 is 0.833 bits per heavy atom. The normalized spacial score (nSPS) is 10.7. The van der Waals surface area contributed by atoms with Crippen LogP contribution in [0.4, 0.5) is 4.39 Å². The fraction of sp³-hybridized carbons (Fsp3) is 0.0476. The molecule has 3 aromatic rings. The van der Waals surface area contributed by atoms with E-state index in [1.807, 2.05) is 18.2 Å². The standard InChI is InChI=1S/C21H15FI2/c1-3-14-4-5-16(11-19(14)23)21-13(2)10-17(12-20(21)24)15-6-8-18(22)9-7-15/h3-12H,1H2,2H3. The van der Waals surface area contributed by atoms with Crippen LogP contribution in [0.5, 0.6) is 0 Å². The van der Waals surface area contributed by atoms with Crippen molar-refractivity contribution in [3.8, 4) is 22.3 Å².